The van der Waals surface area contributed by atoms with Crippen molar-refractivity contribution in [2.75, 3.05) is 63.0 Å². The monoisotopic (exact) mass is 542 g/mol. The first kappa shape index (κ1) is 26.3. The fraction of sp³-hybridized carbons (Fsp3) is 0.433. The highest BCUT2D eigenvalue weighted by atomic mass is 16.5. The Morgan fingerprint density at radius 2 is 1.80 bits per heavy atom. The average Bonchev–Trinajstić information content (AvgIpc) is 3.64. The van der Waals surface area contributed by atoms with Crippen molar-refractivity contribution >= 4 is 33.8 Å². The molecule has 210 valence electrons. The zero-order chi connectivity index (χ0) is 27.6. The minimum atomic E-state index is 0.416. The van der Waals surface area contributed by atoms with E-state index in [-0.39, 0.29) is 0 Å². The molecule has 2 aromatic carbocycles. The van der Waals surface area contributed by atoms with Crippen LogP contribution in [-0.4, -0.2) is 84.2 Å². The van der Waals surface area contributed by atoms with Crippen molar-refractivity contribution in [2.45, 2.75) is 31.4 Å². The van der Waals surface area contributed by atoms with Crippen LogP contribution in [0.3, 0.4) is 0 Å². The summed E-state index contributed by atoms with van der Waals surface area (Å²) in [5.41, 5.74) is 5.98. The largest absolute Gasteiger partial charge is 0.494 e. The molecule has 0 spiro atoms. The summed E-state index contributed by atoms with van der Waals surface area (Å²) in [4.78, 5) is 14.1. The van der Waals surface area contributed by atoms with E-state index in [9.17, 15) is 0 Å². The molecule has 2 aromatic heterocycles. The molecule has 0 bridgehead atoms. The van der Waals surface area contributed by atoms with Gasteiger partial charge in [0, 0.05) is 76.5 Å². The van der Waals surface area contributed by atoms with Crippen molar-refractivity contribution < 1.29 is 9.47 Å². The number of ether oxygens (including phenoxy) is 2. The molecule has 1 saturated heterocycles. The smallest absolute Gasteiger partial charge is 0.144 e. The molecular weight excluding hydrogens is 504 g/mol. The van der Waals surface area contributed by atoms with Crippen molar-refractivity contribution in [1.82, 2.24) is 24.6 Å². The van der Waals surface area contributed by atoms with Crippen LogP contribution in [0.2, 0.25) is 0 Å². The van der Waals surface area contributed by atoms with Gasteiger partial charge in [0.1, 0.15) is 17.9 Å². The van der Waals surface area contributed by atoms with Gasteiger partial charge in [-0.25, -0.2) is 9.97 Å². The van der Waals surface area contributed by atoms with Gasteiger partial charge in [0.05, 0.1) is 47.7 Å². The molecule has 1 aliphatic carbocycles. The molecule has 2 atom stereocenters. The first-order valence-corrected chi connectivity index (χ1v) is 14.0. The number of nitrogens with one attached hydrogen (secondary N) is 2. The standard InChI is InChI=1S/C30H38N8O2/c1-31-25-15-26(35-30-16-24(32-19-33-30)20-5-8-27-21(13-20)18-34-36(27)2)29(40-4)17-28(25)38-11-9-37(10-12-38)22-6-7-23(14-22)39-3/h5,8,13,15-19,22-23,31H,6-7,9-12,14H2,1-4H3,(H,32,33,35). The fourth-order valence-electron chi connectivity index (χ4n) is 6.13. The predicted octanol–water partition coefficient (Wildman–Crippen LogP) is 4.51. The lowest BCUT2D eigenvalue weighted by Crippen LogP contribution is -2.50. The third kappa shape index (κ3) is 5.16. The van der Waals surface area contributed by atoms with E-state index >= 15 is 0 Å². The van der Waals surface area contributed by atoms with Crippen LogP contribution in [0.15, 0.2) is 48.9 Å². The average molecular weight is 543 g/mol. The van der Waals surface area contributed by atoms with E-state index < -0.39 is 0 Å². The molecule has 1 saturated carbocycles. The molecule has 2 N–H and O–H groups in total. The second kappa shape index (κ2) is 11.3. The molecule has 10 heteroatoms. The summed E-state index contributed by atoms with van der Waals surface area (Å²) in [5, 5.41) is 12.3. The van der Waals surface area contributed by atoms with E-state index in [0.717, 1.165) is 77.6 Å². The van der Waals surface area contributed by atoms with Gasteiger partial charge in [-0.15, -0.1) is 0 Å². The molecule has 3 heterocycles. The molecule has 40 heavy (non-hydrogen) atoms. The number of hydrogen-bond acceptors (Lipinski definition) is 9. The van der Waals surface area contributed by atoms with Gasteiger partial charge in [0.25, 0.3) is 0 Å². The van der Waals surface area contributed by atoms with E-state index in [0.29, 0.717) is 18.0 Å². The summed E-state index contributed by atoms with van der Waals surface area (Å²) in [6.45, 7) is 4.08. The summed E-state index contributed by atoms with van der Waals surface area (Å²) < 4.78 is 13.3. The first-order valence-electron chi connectivity index (χ1n) is 14.0. The minimum Gasteiger partial charge on any atom is -0.494 e. The van der Waals surface area contributed by atoms with Gasteiger partial charge in [-0.2, -0.15) is 5.10 Å². The van der Waals surface area contributed by atoms with Crippen LogP contribution in [0.25, 0.3) is 22.2 Å². The number of piperazine rings is 1. The van der Waals surface area contributed by atoms with Crippen LogP contribution >= 0.6 is 0 Å². The summed E-state index contributed by atoms with van der Waals surface area (Å²) in [5.74, 6) is 1.47. The van der Waals surface area contributed by atoms with Gasteiger partial charge in [-0.3, -0.25) is 9.58 Å². The van der Waals surface area contributed by atoms with Crippen molar-refractivity contribution in [3.05, 3.63) is 48.9 Å². The molecule has 2 fully saturated rings. The molecule has 0 radical (unpaired) electrons. The number of aromatic nitrogens is 4. The van der Waals surface area contributed by atoms with Gasteiger partial charge in [0.15, 0.2) is 0 Å². The van der Waals surface area contributed by atoms with Crippen LogP contribution < -0.4 is 20.3 Å². The zero-order valence-corrected chi connectivity index (χ0v) is 23.7. The van der Waals surface area contributed by atoms with Crippen molar-refractivity contribution in [3.63, 3.8) is 0 Å². The summed E-state index contributed by atoms with van der Waals surface area (Å²) in [6, 6.07) is 13.1. The Morgan fingerprint density at radius 3 is 2.55 bits per heavy atom. The lowest BCUT2D eigenvalue weighted by atomic mass is 10.1. The van der Waals surface area contributed by atoms with Crippen molar-refractivity contribution in [1.29, 1.82) is 0 Å². The number of rotatable bonds is 8. The Morgan fingerprint density at radius 1 is 0.950 bits per heavy atom. The van der Waals surface area contributed by atoms with Gasteiger partial charge in [0.2, 0.25) is 0 Å². The zero-order valence-electron chi connectivity index (χ0n) is 23.7. The lowest BCUT2D eigenvalue weighted by Gasteiger charge is -2.40. The Bertz CT molecular complexity index is 1480. The molecule has 10 nitrogen and oxygen atoms in total. The molecule has 4 aromatic rings. The second-order valence-corrected chi connectivity index (χ2v) is 10.6. The summed E-state index contributed by atoms with van der Waals surface area (Å²) >= 11 is 0. The Labute approximate surface area is 235 Å². The second-order valence-electron chi connectivity index (χ2n) is 10.6. The fourth-order valence-corrected chi connectivity index (χ4v) is 6.13. The predicted molar refractivity (Wildman–Crippen MR) is 160 cm³/mol. The molecule has 2 aliphatic rings. The number of benzene rings is 2. The Hall–Kier alpha value is -3.89. The Kier molecular flexibility index (Phi) is 7.44. The lowest BCUT2D eigenvalue weighted by molar-refractivity contribution is 0.0954. The maximum atomic E-state index is 5.85. The summed E-state index contributed by atoms with van der Waals surface area (Å²) in [6.07, 6.45) is 7.43. The van der Waals surface area contributed by atoms with E-state index in [4.69, 9.17) is 9.47 Å². The summed E-state index contributed by atoms with van der Waals surface area (Å²) in [7, 11) is 7.46. The highest BCUT2D eigenvalue weighted by Gasteiger charge is 2.31. The molecular formula is C30H38N8O2. The quantitative estimate of drug-likeness (QED) is 0.334. The van der Waals surface area contributed by atoms with Gasteiger partial charge >= 0.3 is 0 Å². The Balaban J connectivity index is 1.19. The highest BCUT2D eigenvalue weighted by molar-refractivity contribution is 5.85. The number of hydrogen-bond donors (Lipinski definition) is 2. The van der Waals surface area contributed by atoms with Crippen molar-refractivity contribution in [3.8, 4) is 17.0 Å². The van der Waals surface area contributed by atoms with E-state index in [1.807, 2.05) is 38.2 Å². The third-order valence-electron chi connectivity index (χ3n) is 8.42. The highest BCUT2D eigenvalue weighted by Crippen LogP contribution is 2.39. The van der Waals surface area contributed by atoms with Crippen LogP contribution in [0.5, 0.6) is 5.75 Å². The van der Waals surface area contributed by atoms with Gasteiger partial charge in [-0.05, 0) is 37.5 Å². The topological polar surface area (TPSA) is 92.6 Å². The van der Waals surface area contributed by atoms with Gasteiger partial charge in [-0.1, -0.05) is 6.07 Å². The number of nitrogens with zero attached hydrogens (tertiary/aromatic N) is 6. The molecule has 6 rings (SSSR count). The SMILES string of the molecule is CNc1cc(Nc2cc(-c3ccc4c(cnn4C)c3)ncn2)c(OC)cc1N1CCN(C2CCC(OC)C2)CC1. The van der Waals surface area contributed by atoms with Crippen LogP contribution in [0, 0.1) is 0 Å². The molecule has 0 amide bonds. The van der Waals surface area contributed by atoms with Crippen LogP contribution in [0.1, 0.15) is 19.3 Å². The maximum absolute atomic E-state index is 5.85. The molecule has 1 aliphatic heterocycles. The number of aryl methyl sites for hydroxylation is 1. The van der Waals surface area contributed by atoms with Crippen LogP contribution in [0.4, 0.5) is 22.9 Å². The molecule has 2 unspecified atom stereocenters. The number of methoxy groups -OCH3 is 2. The van der Waals surface area contributed by atoms with E-state index in [1.165, 1.54) is 12.8 Å². The normalized spacial score (nSPS) is 19.8. The first-order chi connectivity index (χ1) is 19.6. The van der Waals surface area contributed by atoms with Gasteiger partial charge < -0.3 is 25.0 Å². The number of anilines is 4. The van der Waals surface area contributed by atoms with E-state index in [1.54, 1.807) is 13.4 Å². The third-order valence-corrected chi connectivity index (χ3v) is 8.42. The van der Waals surface area contributed by atoms with Crippen molar-refractivity contribution in [2.24, 2.45) is 7.05 Å². The maximum Gasteiger partial charge on any atom is 0.144 e. The van der Waals surface area contributed by atoms with E-state index in [2.05, 4.69) is 65.8 Å². The number of fused-ring (bicyclic) bond motifs is 1. The van der Waals surface area contributed by atoms with Crippen LogP contribution in [-0.2, 0) is 11.8 Å². The minimum absolute atomic E-state index is 0.416.